The van der Waals surface area contributed by atoms with Gasteiger partial charge >= 0.3 is 0 Å². The Labute approximate surface area is 144 Å². The average Bonchev–Trinajstić information content (AvgIpc) is 2.61. The van der Waals surface area contributed by atoms with E-state index in [1.165, 1.54) is 0 Å². The van der Waals surface area contributed by atoms with E-state index >= 15 is 0 Å². The van der Waals surface area contributed by atoms with Crippen LogP contribution in [0.25, 0.3) is 0 Å². The van der Waals surface area contributed by atoms with Gasteiger partial charge in [0.15, 0.2) is 0 Å². The predicted octanol–water partition coefficient (Wildman–Crippen LogP) is 4.15. The summed E-state index contributed by atoms with van der Waals surface area (Å²) in [6, 6.07) is 17.6. The lowest BCUT2D eigenvalue weighted by atomic mass is 10.1. The second kappa shape index (κ2) is 8.96. The van der Waals surface area contributed by atoms with Crippen LogP contribution >= 0.6 is 0 Å². The average molecular weight is 326 g/mol. The van der Waals surface area contributed by atoms with Gasteiger partial charge in [0.2, 0.25) is 5.91 Å². The fourth-order valence-corrected chi connectivity index (χ4v) is 2.27. The summed E-state index contributed by atoms with van der Waals surface area (Å²) in [5.41, 5.74) is 1.99. The maximum atomic E-state index is 12.1. The molecular weight excluding hydrogens is 300 g/mol. The van der Waals surface area contributed by atoms with E-state index in [0.717, 1.165) is 23.4 Å². The van der Waals surface area contributed by atoms with Gasteiger partial charge in [-0.1, -0.05) is 37.3 Å². The number of hydrogen-bond donors (Lipinski definition) is 2. The summed E-state index contributed by atoms with van der Waals surface area (Å²) in [5.74, 6) is 0.809. The summed E-state index contributed by atoms with van der Waals surface area (Å²) in [5, 5.41) is 6.11. The molecule has 0 aliphatic rings. The van der Waals surface area contributed by atoms with Gasteiger partial charge in [-0.15, -0.1) is 0 Å². The minimum atomic E-state index is -0.0358. The van der Waals surface area contributed by atoms with Crippen molar-refractivity contribution in [3.8, 4) is 5.75 Å². The van der Waals surface area contributed by atoms with E-state index in [1.54, 1.807) is 0 Å². The third-order valence-electron chi connectivity index (χ3n) is 3.90. The van der Waals surface area contributed by atoms with Crippen LogP contribution in [0.1, 0.15) is 38.8 Å². The maximum absolute atomic E-state index is 12.1. The quantitative estimate of drug-likeness (QED) is 0.766. The van der Waals surface area contributed by atoms with E-state index in [-0.39, 0.29) is 24.6 Å². The van der Waals surface area contributed by atoms with Gasteiger partial charge in [-0.3, -0.25) is 4.79 Å². The van der Waals surface area contributed by atoms with E-state index < -0.39 is 0 Å². The number of carbonyl (C=O) groups excluding carboxylic acids is 1. The molecule has 0 aromatic heterocycles. The highest BCUT2D eigenvalue weighted by molar-refractivity contribution is 5.81. The predicted molar refractivity (Wildman–Crippen MR) is 98.3 cm³/mol. The molecular formula is C20H26N2O2. The van der Waals surface area contributed by atoms with E-state index in [0.29, 0.717) is 0 Å². The molecule has 128 valence electrons. The molecule has 2 unspecified atom stereocenters. The summed E-state index contributed by atoms with van der Waals surface area (Å²) in [6.07, 6.45) is 1.17. The monoisotopic (exact) mass is 326 g/mol. The molecule has 4 nitrogen and oxygen atoms in total. The van der Waals surface area contributed by atoms with Crippen molar-refractivity contribution in [2.45, 2.75) is 39.3 Å². The zero-order valence-electron chi connectivity index (χ0n) is 14.6. The fourth-order valence-electron chi connectivity index (χ4n) is 2.27. The third kappa shape index (κ3) is 5.61. The smallest absolute Gasteiger partial charge is 0.239 e. The van der Waals surface area contributed by atoms with Gasteiger partial charge in [-0.2, -0.15) is 0 Å². The number of rotatable bonds is 8. The Kier molecular flexibility index (Phi) is 6.67. The maximum Gasteiger partial charge on any atom is 0.239 e. The molecule has 1 amide bonds. The lowest BCUT2D eigenvalue weighted by Gasteiger charge is -2.15. The Morgan fingerprint density at radius 3 is 2.33 bits per heavy atom. The van der Waals surface area contributed by atoms with Gasteiger partial charge in [0.25, 0.3) is 0 Å². The van der Waals surface area contributed by atoms with Crippen molar-refractivity contribution in [3.63, 3.8) is 0 Å². The first-order valence-electron chi connectivity index (χ1n) is 8.43. The van der Waals surface area contributed by atoms with Gasteiger partial charge in [-0.25, -0.2) is 0 Å². The van der Waals surface area contributed by atoms with Crippen molar-refractivity contribution in [1.29, 1.82) is 0 Å². The Hall–Kier alpha value is -2.49. The standard InChI is InChI=1S/C20H26N2O2/c1-4-15(2)24-19-12-10-18(11-13-19)21-14-20(23)22-16(3)17-8-6-5-7-9-17/h5-13,15-16,21H,4,14H2,1-3H3,(H,22,23). The summed E-state index contributed by atoms with van der Waals surface area (Å²) >= 11 is 0. The molecule has 0 spiro atoms. The number of ether oxygens (including phenoxy) is 1. The van der Waals surface area contributed by atoms with Crippen molar-refractivity contribution in [1.82, 2.24) is 5.32 Å². The van der Waals surface area contributed by atoms with Crippen LogP contribution in [0.3, 0.4) is 0 Å². The molecule has 2 aromatic rings. The highest BCUT2D eigenvalue weighted by Gasteiger charge is 2.09. The molecule has 0 saturated carbocycles. The Morgan fingerprint density at radius 2 is 1.71 bits per heavy atom. The highest BCUT2D eigenvalue weighted by Crippen LogP contribution is 2.17. The van der Waals surface area contributed by atoms with Gasteiger partial charge in [-0.05, 0) is 50.1 Å². The topological polar surface area (TPSA) is 50.4 Å². The SMILES string of the molecule is CCC(C)Oc1ccc(NCC(=O)NC(C)c2ccccc2)cc1. The minimum absolute atomic E-state index is 0.00759. The number of hydrogen-bond acceptors (Lipinski definition) is 3. The number of anilines is 1. The lowest BCUT2D eigenvalue weighted by Crippen LogP contribution is -2.32. The van der Waals surface area contributed by atoms with Gasteiger partial charge in [0.05, 0.1) is 18.7 Å². The number of benzene rings is 2. The Balaban J connectivity index is 1.79. The summed E-state index contributed by atoms with van der Waals surface area (Å²) in [7, 11) is 0. The Bertz CT molecular complexity index is 626. The normalized spacial score (nSPS) is 13.0. The second-order valence-corrected chi connectivity index (χ2v) is 5.91. The second-order valence-electron chi connectivity index (χ2n) is 5.91. The van der Waals surface area contributed by atoms with Crippen LogP contribution in [0.15, 0.2) is 54.6 Å². The Morgan fingerprint density at radius 1 is 1.04 bits per heavy atom. The third-order valence-corrected chi connectivity index (χ3v) is 3.90. The first-order valence-corrected chi connectivity index (χ1v) is 8.43. The molecule has 0 bridgehead atoms. The molecule has 0 aliphatic carbocycles. The van der Waals surface area contributed by atoms with Crippen LogP contribution in [0, 0.1) is 0 Å². The molecule has 0 fully saturated rings. The van der Waals surface area contributed by atoms with Crippen molar-refractivity contribution in [2.75, 3.05) is 11.9 Å². The first kappa shape index (κ1) is 17.9. The molecule has 2 rings (SSSR count). The zero-order chi connectivity index (χ0) is 17.4. The van der Waals surface area contributed by atoms with Crippen LogP contribution in [-0.4, -0.2) is 18.6 Å². The molecule has 24 heavy (non-hydrogen) atoms. The van der Waals surface area contributed by atoms with Crippen molar-refractivity contribution in [3.05, 3.63) is 60.2 Å². The van der Waals surface area contributed by atoms with E-state index in [4.69, 9.17) is 4.74 Å². The number of amides is 1. The number of nitrogens with one attached hydrogen (secondary N) is 2. The number of carbonyl (C=O) groups is 1. The molecule has 4 heteroatoms. The van der Waals surface area contributed by atoms with Crippen LogP contribution in [0.4, 0.5) is 5.69 Å². The first-order chi connectivity index (χ1) is 11.6. The van der Waals surface area contributed by atoms with E-state index in [9.17, 15) is 4.79 Å². The highest BCUT2D eigenvalue weighted by atomic mass is 16.5. The van der Waals surface area contributed by atoms with Crippen LogP contribution < -0.4 is 15.4 Å². The molecule has 0 saturated heterocycles. The fraction of sp³-hybridized carbons (Fsp3) is 0.350. The van der Waals surface area contributed by atoms with E-state index in [1.807, 2.05) is 68.4 Å². The summed E-state index contributed by atoms with van der Waals surface area (Å²) < 4.78 is 5.74. The minimum Gasteiger partial charge on any atom is -0.491 e. The van der Waals surface area contributed by atoms with Crippen molar-refractivity contribution in [2.24, 2.45) is 0 Å². The summed E-state index contributed by atoms with van der Waals surface area (Å²) in [4.78, 5) is 12.1. The molecule has 2 aromatic carbocycles. The van der Waals surface area contributed by atoms with Crippen LogP contribution in [-0.2, 0) is 4.79 Å². The largest absolute Gasteiger partial charge is 0.491 e. The van der Waals surface area contributed by atoms with E-state index in [2.05, 4.69) is 17.6 Å². The van der Waals surface area contributed by atoms with Crippen LogP contribution in [0.2, 0.25) is 0 Å². The van der Waals surface area contributed by atoms with Crippen LogP contribution in [0.5, 0.6) is 5.75 Å². The molecule has 2 atom stereocenters. The van der Waals surface area contributed by atoms with Crippen molar-refractivity contribution < 1.29 is 9.53 Å². The lowest BCUT2D eigenvalue weighted by molar-refractivity contribution is -0.120. The molecule has 0 heterocycles. The van der Waals surface area contributed by atoms with Gasteiger partial charge in [0, 0.05) is 5.69 Å². The van der Waals surface area contributed by atoms with Crippen molar-refractivity contribution >= 4 is 11.6 Å². The molecule has 2 N–H and O–H groups in total. The molecule has 0 aliphatic heterocycles. The summed E-state index contributed by atoms with van der Waals surface area (Å²) in [6.45, 7) is 6.36. The zero-order valence-corrected chi connectivity index (χ0v) is 14.6. The van der Waals surface area contributed by atoms with Gasteiger partial charge < -0.3 is 15.4 Å². The van der Waals surface area contributed by atoms with Gasteiger partial charge in [0.1, 0.15) is 5.75 Å². The molecule has 0 radical (unpaired) electrons.